The van der Waals surface area contributed by atoms with Crippen LogP contribution < -0.4 is 18.9 Å². The van der Waals surface area contributed by atoms with Crippen molar-refractivity contribution in [2.24, 2.45) is 23.7 Å². The predicted molar refractivity (Wildman–Crippen MR) is 460 cm³/mol. The van der Waals surface area contributed by atoms with Crippen molar-refractivity contribution in [2.45, 2.75) is 177 Å². The Bertz CT molecular complexity index is 4770. The van der Waals surface area contributed by atoms with Gasteiger partial charge in [0.05, 0.1) is 46.0 Å². The van der Waals surface area contributed by atoms with Crippen LogP contribution in [-0.2, 0) is 78.2 Å². The largest absolute Gasteiger partial charge is 0.465 e. The van der Waals surface area contributed by atoms with Crippen molar-refractivity contribution >= 4 is 64.0 Å². The van der Waals surface area contributed by atoms with E-state index >= 15 is 0 Å². The van der Waals surface area contributed by atoms with E-state index in [0.717, 1.165) is 22.3 Å². The summed E-state index contributed by atoms with van der Waals surface area (Å²) in [6.07, 6.45) is 0. The molecule has 8 atom stereocenters. The Morgan fingerprint density at radius 1 is 0.283 bits per heavy atom. The fourth-order valence-electron chi connectivity index (χ4n) is 10.9. The van der Waals surface area contributed by atoms with Gasteiger partial charge in [-0.15, -0.1) is 0 Å². The van der Waals surface area contributed by atoms with Crippen LogP contribution in [0, 0.1) is 98.7 Å². The standard InChI is InChI=1S/4C23H27NO5S/c4*1-5-29-22(25)21(24-30(27,28)20-13-11-18(4)12-14-20)23(26,17(2)3)16-15-19-9-7-6-8-10-19/h4*6-14,17,21,24,26H,5H2,1-4H3/t4*21-,23-/m1100/s1. The van der Waals surface area contributed by atoms with Crippen LogP contribution >= 0.6 is 0 Å². The maximum atomic E-state index is 12.9. The van der Waals surface area contributed by atoms with Crippen molar-refractivity contribution in [3.8, 4) is 47.4 Å². The van der Waals surface area contributed by atoms with Crippen molar-refractivity contribution in [3.05, 3.63) is 263 Å². The number of ether oxygens (including phenoxy) is 4. The van der Waals surface area contributed by atoms with Crippen molar-refractivity contribution in [3.63, 3.8) is 0 Å². The molecule has 0 amide bonds. The van der Waals surface area contributed by atoms with E-state index in [9.17, 15) is 73.3 Å². The molecule has 120 heavy (non-hydrogen) atoms. The molecule has 0 saturated carbocycles. The second-order valence-corrected chi connectivity index (χ2v) is 35.7. The molecule has 0 heterocycles. The zero-order valence-corrected chi connectivity index (χ0v) is 73.5. The minimum absolute atomic E-state index is 0.0236. The van der Waals surface area contributed by atoms with Gasteiger partial charge in [0.15, 0.2) is 46.6 Å². The summed E-state index contributed by atoms with van der Waals surface area (Å²) in [6, 6.07) is 53.9. The van der Waals surface area contributed by atoms with Crippen molar-refractivity contribution in [1.82, 2.24) is 18.9 Å². The molecule has 8 aromatic carbocycles. The number of aryl methyl sites for hydroxylation is 4. The third-order valence-corrected chi connectivity index (χ3v) is 24.3. The van der Waals surface area contributed by atoms with E-state index in [-0.39, 0.29) is 46.0 Å². The van der Waals surface area contributed by atoms with Gasteiger partial charge in [-0.3, -0.25) is 19.2 Å². The summed E-state index contributed by atoms with van der Waals surface area (Å²) in [5.41, 5.74) is -1.93. The molecule has 0 aliphatic carbocycles. The topological polar surface area (TPSA) is 371 Å². The number of nitrogens with one attached hydrogen (secondary N) is 4. The fraction of sp³-hybridized carbons (Fsp3) is 0.348. The molecule has 0 aliphatic heterocycles. The van der Waals surface area contributed by atoms with Gasteiger partial charge in [0.2, 0.25) is 40.1 Å². The number of carbonyl (C=O) groups excluding carboxylic acids is 4. The third kappa shape index (κ3) is 28.8. The lowest BCUT2D eigenvalue weighted by atomic mass is 9.84. The Hall–Kier alpha value is -10.6. The normalized spacial score (nSPS) is 14.3. The van der Waals surface area contributed by atoms with Crippen LogP contribution in [0.15, 0.2) is 238 Å². The number of hydrogen-bond acceptors (Lipinski definition) is 20. The van der Waals surface area contributed by atoms with Crippen LogP contribution in [0.3, 0.4) is 0 Å². The summed E-state index contributed by atoms with van der Waals surface area (Å²) in [7, 11) is -16.5. The SMILES string of the molecule is CCOC(=O)[C@@H](NS(=O)(=O)c1ccc(C)cc1)[C@@](O)(C#Cc1ccccc1)C(C)C.CCOC(=O)[C@@H](NS(=O)(=O)c1ccc(C)cc1)[C@@](O)(C#Cc1ccccc1)C(C)C.CCOC(=O)[C@H](NS(=O)(=O)c1ccc(C)cc1)[C@](O)(C#Cc1ccccc1)C(C)C.CCOC(=O)[C@H](NS(=O)(=O)c1ccc(C)cc1)[C@](O)(C#Cc1ccccc1)C(C)C. The zero-order valence-electron chi connectivity index (χ0n) is 70.2. The molecule has 0 fully saturated rings. The molecular formula is C92H108N4O20S4. The van der Waals surface area contributed by atoms with E-state index < -0.39 is 134 Å². The highest BCUT2D eigenvalue weighted by Crippen LogP contribution is 2.30. The molecule has 0 saturated heterocycles. The first kappa shape index (κ1) is 99.9. The van der Waals surface area contributed by atoms with Gasteiger partial charge in [0.25, 0.3) is 0 Å². The van der Waals surface area contributed by atoms with Gasteiger partial charge < -0.3 is 39.4 Å². The van der Waals surface area contributed by atoms with E-state index in [1.54, 1.807) is 229 Å². The van der Waals surface area contributed by atoms with E-state index in [4.69, 9.17) is 18.9 Å². The van der Waals surface area contributed by atoms with Crippen molar-refractivity contribution in [2.75, 3.05) is 26.4 Å². The second kappa shape index (κ2) is 45.7. The Morgan fingerprint density at radius 3 is 0.567 bits per heavy atom. The van der Waals surface area contributed by atoms with Crippen LogP contribution in [0.2, 0.25) is 0 Å². The van der Waals surface area contributed by atoms with E-state index in [1.165, 1.54) is 48.5 Å². The Kier molecular flexibility index (Phi) is 38.0. The van der Waals surface area contributed by atoms with Crippen molar-refractivity contribution in [1.29, 1.82) is 0 Å². The highest BCUT2D eigenvalue weighted by Gasteiger charge is 2.50. The number of benzene rings is 8. The van der Waals surface area contributed by atoms with Gasteiger partial charge in [-0.2, -0.15) is 18.9 Å². The smallest absolute Gasteiger partial charge is 0.328 e. The lowest BCUT2D eigenvalue weighted by Crippen LogP contribution is -2.59. The number of hydrogen-bond donors (Lipinski definition) is 8. The minimum Gasteiger partial charge on any atom is -0.465 e. The predicted octanol–water partition coefficient (Wildman–Crippen LogP) is 10.6. The van der Waals surface area contributed by atoms with Crippen LogP contribution in [0.25, 0.3) is 0 Å². The van der Waals surface area contributed by atoms with E-state index in [0.29, 0.717) is 22.3 Å². The molecule has 0 radical (unpaired) electrons. The highest BCUT2D eigenvalue weighted by atomic mass is 32.2. The molecule has 28 heteroatoms. The highest BCUT2D eigenvalue weighted by molar-refractivity contribution is 7.90. The number of esters is 4. The molecule has 8 rings (SSSR count). The number of sulfonamides is 4. The first-order valence-corrected chi connectivity index (χ1v) is 44.6. The van der Waals surface area contributed by atoms with Gasteiger partial charge in [-0.05, 0) is 176 Å². The molecular weight excluding hydrogens is 1610 g/mol. The first-order chi connectivity index (χ1) is 56.4. The average Bonchev–Trinajstić information content (AvgIpc) is 0.798. The van der Waals surface area contributed by atoms with Gasteiger partial charge in [-0.25, -0.2) is 33.7 Å². The van der Waals surface area contributed by atoms with E-state index in [2.05, 4.69) is 66.3 Å². The molecule has 24 nitrogen and oxygen atoms in total. The fourth-order valence-corrected chi connectivity index (χ4v) is 15.8. The molecule has 0 aliphatic rings. The van der Waals surface area contributed by atoms with Crippen LogP contribution in [0.4, 0.5) is 0 Å². The summed E-state index contributed by atoms with van der Waals surface area (Å²) in [6.45, 7) is 27.1. The van der Waals surface area contributed by atoms with Crippen LogP contribution in [-0.4, -0.2) is 151 Å². The van der Waals surface area contributed by atoms with Crippen LogP contribution in [0.5, 0.6) is 0 Å². The van der Waals surface area contributed by atoms with Gasteiger partial charge >= 0.3 is 23.9 Å². The molecule has 0 unspecified atom stereocenters. The summed E-state index contributed by atoms with van der Waals surface area (Å²) >= 11 is 0. The number of rotatable bonds is 28. The summed E-state index contributed by atoms with van der Waals surface area (Å²) in [5.74, 6) is 16.3. The molecule has 0 aromatic heterocycles. The molecule has 0 bridgehead atoms. The molecule has 8 N–H and O–H groups in total. The lowest BCUT2D eigenvalue weighted by molar-refractivity contribution is -0.152. The molecule has 8 aromatic rings. The van der Waals surface area contributed by atoms with Crippen molar-refractivity contribution < 1.29 is 92.2 Å². The third-order valence-electron chi connectivity index (χ3n) is 18.5. The minimum atomic E-state index is -4.12. The first-order valence-electron chi connectivity index (χ1n) is 38.6. The summed E-state index contributed by atoms with van der Waals surface area (Å²) in [4.78, 5) is 50.7. The number of carbonyl (C=O) groups is 4. The quantitative estimate of drug-likeness (QED) is 0.0128. The second-order valence-electron chi connectivity index (χ2n) is 28.9. The maximum absolute atomic E-state index is 12.9. The Balaban J connectivity index is 0.000000285. The average molecular weight is 1720 g/mol. The zero-order chi connectivity index (χ0) is 89.5. The van der Waals surface area contributed by atoms with Crippen LogP contribution in [0.1, 0.15) is 128 Å². The van der Waals surface area contributed by atoms with Gasteiger partial charge in [0.1, 0.15) is 0 Å². The summed E-state index contributed by atoms with van der Waals surface area (Å²) < 4.78 is 133. The lowest BCUT2D eigenvalue weighted by Gasteiger charge is -2.33. The monoisotopic (exact) mass is 1720 g/mol. The Morgan fingerprint density at radius 2 is 0.433 bits per heavy atom. The maximum Gasteiger partial charge on any atom is 0.328 e. The Labute approximate surface area is 707 Å². The van der Waals surface area contributed by atoms with Gasteiger partial charge in [-0.1, -0.05) is 246 Å². The van der Waals surface area contributed by atoms with Gasteiger partial charge in [0, 0.05) is 22.3 Å². The summed E-state index contributed by atoms with van der Waals surface area (Å²) in [5, 5.41) is 45.4. The molecule has 640 valence electrons. The number of aliphatic hydroxyl groups is 4. The molecule has 0 spiro atoms. The van der Waals surface area contributed by atoms with E-state index in [1.807, 2.05) is 52.0 Å².